The summed E-state index contributed by atoms with van der Waals surface area (Å²) < 4.78 is 5.56. The van der Waals surface area contributed by atoms with Crippen LogP contribution in [0.15, 0.2) is 54.9 Å². The molecule has 0 atom stereocenters. The van der Waals surface area contributed by atoms with Crippen molar-refractivity contribution in [1.29, 1.82) is 0 Å². The summed E-state index contributed by atoms with van der Waals surface area (Å²) in [5.74, 6) is 0.427. The number of ether oxygens (including phenoxy) is 1. The number of rotatable bonds is 8. The molecule has 3 rings (SSSR count). The largest absolute Gasteiger partial charge is 0.381 e. The van der Waals surface area contributed by atoms with Gasteiger partial charge < -0.3 is 10.1 Å². The Morgan fingerprint density at radius 2 is 2.04 bits per heavy atom. The number of aromatic nitrogens is 2. The maximum absolute atomic E-state index is 12.8. The summed E-state index contributed by atoms with van der Waals surface area (Å²) in [5.41, 5.74) is 3.05. The van der Waals surface area contributed by atoms with E-state index < -0.39 is 0 Å². The smallest absolute Gasteiger partial charge is 0.252 e. The fourth-order valence-corrected chi connectivity index (χ4v) is 2.82. The van der Waals surface area contributed by atoms with Crippen LogP contribution in [0.1, 0.15) is 30.6 Å². The number of carbonyl (C=O) groups is 1. The van der Waals surface area contributed by atoms with Gasteiger partial charge in [0.1, 0.15) is 0 Å². The van der Waals surface area contributed by atoms with Crippen LogP contribution in [0.5, 0.6) is 0 Å². The highest BCUT2D eigenvalue weighted by Gasteiger charge is 2.13. The highest BCUT2D eigenvalue weighted by molar-refractivity contribution is 6.07. The van der Waals surface area contributed by atoms with Gasteiger partial charge in [-0.2, -0.15) is 0 Å². The lowest BCUT2D eigenvalue weighted by Gasteiger charge is -2.11. The molecular formula is C22H25N3O2. The molecule has 0 aliphatic carbocycles. The lowest BCUT2D eigenvalue weighted by atomic mass is 10.0. The van der Waals surface area contributed by atoms with E-state index in [2.05, 4.69) is 29.1 Å². The van der Waals surface area contributed by atoms with E-state index in [-0.39, 0.29) is 5.91 Å². The van der Waals surface area contributed by atoms with Crippen LogP contribution in [0, 0.1) is 5.92 Å². The molecule has 27 heavy (non-hydrogen) atoms. The van der Waals surface area contributed by atoms with Crippen LogP contribution in [0.4, 0.5) is 0 Å². The van der Waals surface area contributed by atoms with E-state index in [1.165, 1.54) is 0 Å². The van der Waals surface area contributed by atoms with Gasteiger partial charge in [-0.1, -0.05) is 32.0 Å². The summed E-state index contributed by atoms with van der Waals surface area (Å²) in [4.78, 5) is 21.6. The maximum atomic E-state index is 12.8. The molecule has 0 bridgehead atoms. The third-order valence-electron chi connectivity index (χ3n) is 4.12. The SMILES string of the molecule is CC(C)COCCCNC(=O)c1cc(-c2cccnc2)nc2ccccc12. The number of benzene rings is 1. The number of pyridine rings is 2. The Kier molecular flexibility index (Phi) is 6.49. The zero-order chi connectivity index (χ0) is 19.1. The van der Waals surface area contributed by atoms with Crippen molar-refractivity contribution in [2.75, 3.05) is 19.8 Å². The van der Waals surface area contributed by atoms with Gasteiger partial charge in [0.15, 0.2) is 0 Å². The Morgan fingerprint density at radius 1 is 1.19 bits per heavy atom. The van der Waals surface area contributed by atoms with E-state index in [0.717, 1.165) is 35.2 Å². The molecule has 2 aromatic heterocycles. The van der Waals surface area contributed by atoms with Crippen molar-refractivity contribution in [1.82, 2.24) is 15.3 Å². The zero-order valence-corrected chi connectivity index (χ0v) is 15.8. The van der Waals surface area contributed by atoms with Crippen molar-refractivity contribution in [3.8, 4) is 11.3 Å². The molecular weight excluding hydrogens is 338 g/mol. The average molecular weight is 363 g/mol. The molecule has 0 saturated heterocycles. The number of amides is 1. The number of carbonyl (C=O) groups excluding carboxylic acids is 1. The molecule has 3 aromatic rings. The van der Waals surface area contributed by atoms with Crippen molar-refractivity contribution >= 4 is 16.8 Å². The normalized spacial score (nSPS) is 11.1. The molecule has 0 radical (unpaired) electrons. The van der Waals surface area contributed by atoms with Gasteiger partial charge in [0, 0.05) is 43.1 Å². The Bertz CT molecular complexity index is 894. The first-order valence-electron chi connectivity index (χ1n) is 9.31. The van der Waals surface area contributed by atoms with Gasteiger partial charge in [0.05, 0.1) is 16.8 Å². The molecule has 5 heteroatoms. The van der Waals surface area contributed by atoms with E-state index >= 15 is 0 Å². The van der Waals surface area contributed by atoms with Gasteiger partial charge in [-0.25, -0.2) is 4.98 Å². The second-order valence-electron chi connectivity index (χ2n) is 6.89. The summed E-state index contributed by atoms with van der Waals surface area (Å²) >= 11 is 0. The molecule has 0 saturated carbocycles. The number of nitrogens with one attached hydrogen (secondary N) is 1. The zero-order valence-electron chi connectivity index (χ0n) is 15.8. The van der Waals surface area contributed by atoms with E-state index in [1.54, 1.807) is 12.4 Å². The first-order valence-corrected chi connectivity index (χ1v) is 9.31. The van der Waals surface area contributed by atoms with Crippen LogP contribution in [0.25, 0.3) is 22.2 Å². The number of hydrogen-bond donors (Lipinski definition) is 1. The third-order valence-corrected chi connectivity index (χ3v) is 4.12. The van der Waals surface area contributed by atoms with Crippen LogP contribution >= 0.6 is 0 Å². The van der Waals surface area contributed by atoms with Crippen LogP contribution in [-0.2, 0) is 4.74 Å². The Balaban J connectivity index is 1.75. The van der Waals surface area contributed by atoms with Crippen LogP contribution < -0.4 is 5.32 Å². The van der Waals surface area contributed by atoms with Crippen molar-refractivity contribution in [2.24, 2.45) is 5.92 Å². The molecule has 5 nitrogen and oxygen atoms in total. The fraction of sp³-hybridized carbons (Fsp3) is 0.318. The minimum atomic E-state index is -0.0948. The number of para-hydroxylation sites is 1. The van der Waals surface area contributed by atoms with E-state index in [4.69, 9.17) is 4.74 Å². The van der Waals surface area contributed by atoms with Crippen molar-refractivity contribution in [3.05, 3.63) is 60.4 Å². The molecule has 1 amide bonds. The van der Waals surface area contributed by atoms with E-state index in [9.17, 15) is 4.79 Å². The minimum absolute atomic E-state index is 0.0948. The van der Waals surface area contributed by atoms with Gasteiger partial charge >= 0.3 is 0 Å². The second kappa shape index (κ2) is 9.24. The highest BCUT2D eigenvalue weighted by atomic mass is 16.5. The fourth-order valence-electron chi connectivity index (χ4n) is 2.82. The van der Waals surface area contributed by atoms with Gasteiger partial charge in [0.2, 0.25) is 0 Å². The second-order valence-corrected chi connectivity index (χ2v) is 6.89. The lowest BCUT2D eigenvalue weighted by molar-refractivity contribution is 0.0926. The van der Waals surface area contributed by atoms with Crippen molar-refractivity contribution in [2.45, 2.75) is 20.3 Å². The molecule has 0 aliphatic rings. The number of fused-ring (bicyclic) bond motifs is 1. The summed E-state index contributed by atoms with van der Waals surface area (Å²) in [5, 5.41) is 3.84. The Morgan fingerprint density at radius 3 is 2.81 bits per heavy atom. The van der Waals surface area contributed by atoms with Crippen molar-refractivity contribution in [3.63, 3.8) is 0 Å². The molecule has 0 spiro atoms. The summed E-state index contributed by atoms with van der Waals surface area (Å²) in [6.45, 7) is 6.22. The van der Waals surface area contributed by atoms with Gasteiger partial charge in [0.25, 0.3) is 5.91 Å². The first kappa shape index (κ1) is 19.0. The molecule has 1 aromatic carbocycles. The third kappa shape index (κ3) is 5.11. The maximum Gasteiger partial charge on any atom is 0.252 e. The summed E-state index contributed by atoms with van der Waals surface area (Å²) in [6.07, 6.45) is 4.27. The number of nitrogens with zero attached hydrogens (tertiary/aromatic N) is 2. The molecule has 2 heterocycles. The predicted octanol–water partition coefficient (Wildman–Crippen LogP) is 4.09. The molecule has 0 aliphatic heterocycles. The topological polar surface area (TPSA) is 64.1 Å². The predicted molar refractivity (Wildman–Crippen MR) is 108 cm³/mol. The monoisotopic (exact) mass is 363 g/mol. The standard InChI is InChI=1S/C22H25N3O2/c1-16(2)15-27-12-6-11-24-22(26)19-13-21(17-7-5-10-23-14-17)25-20-9-4-3-8-18(19)20/h3-5,7-10,13-14,16H,6,11-12,15H2,1-2H3,(H,24,26). The summed E-state index contributed by atoms with van der Waals surface area (Å²) in [7, 11) is 0. The first-order chi connectivity index (χ1) is 13.1. The van der Waals surface area contributed by atoms with Gasteiger partial charge in [-0.15, -0.1) is 0 Å². The quantitative estimate of drug-likeness (QED) is 0.612. The van der Waals surface area contributed by atoms with E-state index in [0.29, 0.717) is 24.6 Å². The van der Waals surface area contributed by atoms with E-state index in [1.807, 2.05) is 42.5 Å². The molecule has 0 fully saturated rings. The average Bonchev–Trinajstić information content (AvgIpc) is 2.70. The highest BCUT2D eigenvalue weighted by Crippen LogP contribution is 2.24. The van der Waals surface area contributed by atoms with Crippen molar-refractivity contribution < 1.29 is 9.53 Å². The number of hydrogen-bond acceptors (Lipinski definition) is 4. The van der Waals surface area contributed by atoms with Crippen LogP contribution in [0.3, 0.4) is 0 Å². The van der Waals surface area contributed by atoms with Crippen LogP contribution in [0.2, 0.25) is 0 Å². The Labute approximate surface area is 159 Å². The Hall–Kier alpha value is -2.79. The van der Waals surface area contributed by atoms with Crippen LogP contribution in [-0.4, -0.2) is 35.6 Å². The summed E-state index contributed by atoms with van der Waals surface area (Å²) in [6, 6.07) is 13.3. The minimum Gasteiger partial charge on any atom is -0.381 e. The van der Waals surface area contributed by atoms with Gasteiger partial charge in [-0.05, 0) is 36.6 Å². The molecule has 1 N–H and O–H groups in total. The molecule has 0 unspecified atom stereocenters. The van der Waals surface area contributed by atoms with Gasteiger partial charge in [-0.3, -0.25) is 9.78 Å². The lowest BCUT2D eigenvalue weighted by Crippen LogP contribution is -2.25. The molecule has 140 valence electrons.